The summed E-state index contributed by atoms with van der Waals surface area (Å²) >= 11 is 0. The molecule has 0 aliphatic carbocycles. The molecular formula is C3H9ClNS2-. The van der Waals surface area contributed by atoms with Crippen LogP contribution in [0, 0.1) is 0 Å². The molecule has 46 valence electrons. The highest BCUT2D eigenvalue weighted by Crippen LogP contribution is 2.14. The quantitative estimate of drug-likeness (QED) is 0.466. The lowest BCUT2D eigenvalue weighted by atomic mass is 10.8. The van der Waals surface area contributed by atoms with E-state index >= 15 is 0 Å². The van der Waals surface area contributed by atoms with Gasteiger partial charge in [0, 0.05) is 0 Å². The summed E-state index contributed by atoms with van der Waals surface area (Å²) in [4.78, 5) is 0. The topological polar surface area (TPSA) is 23.8 Å². The fourth-order valence-corrected chi connectivity index (χ4v) is 1.12. The molecule has 0 bridgehead atoms. The van der Waals surface area contributed by atoms with Crippen LogP contribution in [-0.4, -0.2) is 18.6 Å². The van der Waals surface area contributed by atoms with Crippen molar-refractivity contribution in [2.45, 2.75) is 0 Å². The Hall–Kier alpha value is 0.950. The van der Waals surface area contributed by atoms with Crippen molar-refractivity contribution in [3.05, 3.63) is 5.73 Å². The summed E-state index contributed by atoms with van der Waals surface area (Å²) in [6.07, 6.45) is 2.03. The van der Waals surface area contributed by atoms with Crippen molar-refractivity contribution in [3.8, 4) is 0 Å². The van der Waals surface area contributed by atoms with Gasteiger partial charge >= 0.3 is 0 Å². The summed E-state index contributed by atoms with van der Waals surface area (Å²) in [6, 6.07) is 0. The molecule has 0 saturated carbocycles. The first-order chi connectivity index (χ1) is 2.91. The lowest BCUT2D eigenvalue weighted by Gasteiger charge is -1.94. The molecule has 1 N–H and O–H groups in total. The first kappa shape index (κ1) is 10.8. The second kappa shape index (κ2) is 10.0. The first-order valence-electron chi connectivity index (χ1n) is 1.72. The summed E-state index contributed by atoms with van der Waals surface area (Å²) in [5.74, 6) is 0.959. The molecule has 0 atom stereocenters. The van der Waals surface area contributed by atoms with Gasteiger partial charge in [-0.3, -0.25) is 0 Å². The molecule has 0 amide bonds. The molecule has 0 rings (SSSR count). The van der Waals surface area contributed by atoms with Gasteiger partial charge in [0.2, 0.25) is 0 Å². The third kappa shape index (κ3) is 10.9. The number of rotatable bonds is 3. The first-order valence-corrected chi connectivity index (χ1v) is 4.44. The third-order valence-corrected chi connectivity index (χ3v) is 2.12. The van der Waals surface area contributed by atoms with Crippen LogP contribution in [0.4, 0.5) is 0 Å². The van der Waals surface area contributed by atoms with Gasteiger partial charge in [-0.1, -0.05) is 21.6 Å². The molecule has 7 heavy (non-hydrogen) atoms. The Morgan fingerprint density at radius 2 is 2.14 bits per heavy atom. The summed E-state index contributed by atoms with van der Waals surface area (Å²) in [6.45, 7) is 0.547. The van der Waals surface area contributed by atoms with Crippen molar-refractivity contribution in [2.24, 2.45) is 0 Å². The lowest BCUT2D eigenvalue weighted by molar-refractivity contribution is 1.40. The van der Waals surface area contributed by atoms with Crippen LogP contribution in [0.25, 0.3) is 5.73 Å². The van der Waals surface area contributed by atoms with Gasteiger partial charge in [0.1, 0.15) is 0 Å². The predicted molar refractivity (Wildman–Crippen MR) is 42.4 cm³/mol. The zero-order chi connectivity index (χ0) is 4.83. The van der Waals surface area contributed by atoms with E-state index < -0.39 is 0 Å². The maximum absolute atomic E-state index is 6.67. The maximum Gasteiger partial charge on any atom is -0.00792 e. The van der Waals surface area contributed by atoms with Crippen LogP contribution in [0.1, 0.15) is 0 Å². The Bertz CT molecular complexity index is 24.9. The molecule has 1 nitrogen and oxygen atoms in total. The Morgan fingerprint density at radius 3 is 2.29 bits per heavy atom. The number of nitrogens with one attached hydrogen (secondary N) is 1. The normalized spacial score (nSPS) is 7.71. The molecule has 0 radical (unpaired) electrons. The van der Waals surface area contributed by atoms with E-state index in [0.29, 0.717) is 6.54 Å². The van der Waals surface area contributed by atoms with Crippen LogP contribution in [-0.2, 0) is 0 Å². The molecule has 0 unspecified atom stereocenters. The van der Waals surface area contributed by atoms with Crippen molar-refractivity contribution in [1.82, 2.24) is 0 Å². The van der Waals surface area contributed by atoms with Gasteiger partial charge in [-0.15, -0.1) is 19.0 Å². The van der Waals surface area contributed by atoms with Crippen LogP contribution in [0.5, 0.6) is 0 Å². The van der Waals surface area contributed by atoms with Crippen LogP contribution in [0.15, 0.2) is 0 Å². The van der Waals surface area contributed by atoms with Crippen molar-refractivity contribution in [3.63, 3.8) is 0 Å². The molecule has 0 heterocycles. The zero-order valence-electron chi connectivity index (χ0n) is 4.14. The Balaban J connectivity index is 0. The highest BCUT2D eigenvalue weighted by atomic mass is 35.5. The highest BCUT2D eigenvalue weighted by Gasteiger charge is 1.71. The number of hydrogen-bond acceptors (Lipinski definition) is 2. The van der Waals surface area contributed by atoms with Gasteiger partial charge in [-0.25, -0.2) is 0 Å². The Kier molecular flexibility index (Phi) is 15.6. The average molecular weight is 159 g/mol. The zero-order valence-corrected chi connectivity index (χ0v) is 6.59. The molecule has 0 aliphatic heterocycles. The monoisotopic (exact) mass is 158 g/mol. The SMILES string of the molecule is CSSCC[NH-].Cl. The fraction of sp³-hybridized carbons (Fsp3) is 1.00. The molecule has 0 aliphatic rings. The second-order valence-corrected chi connectivity index (χ2v) is 3.42. The third-order valence-electron chi connectivity index (χ3n) is 0.303. The largest absolute Gasteiger partial charge is 0.677 e. The van der Waals surface area contributed by atoms with Crippen molar-refractivity contribution in [2.75, 3.05) is 18.6 Å². The van der Waals surface area contributed by atoms with E-state index in [1.165, 1.54) is 0 Å². The molecule has 0 aromatic carbocycles. The predicted octanol–water partition coefficient (Wildman–Crippen LogP) is 2.47. The molecular weight excluding hydrogens is 150 g/mol. The molecule has 0 aromatic heterocycles. The minimum Gasteiger partial charge on any atom is -0.677 e. The summed E-state index contributed by atoms with van der Waals surface area (Å²) < 4.78 is 0. The fourth-order valence-electron chi connectivity index (χ4n) is 0.125. The maximum atomic E-state index is 6.67. The number of hydrogen-bond donors (Lipinski definition) is 0. The average Bonchev–Trinajstić information content (AvgIpc) is 1.61. The van der Waals surface area contributed by atoms with E-state index in [9.17, 15) is 0 Å². The summed E-state index contributed by atoms with van der Waals surface area (Å²) in [5, 5.41) is 0. The van der Waals surface area contributed by atoms with Gasteiger partial charge in [0.25, 0.3) is 0 Å². The molecule has 0 saturated heterocycles. The molecule has 0 aromatic rings. The minimum absolute atomic E-state index is 0. The highest BCUT2D eigenvalue weighted by molar-refractivity contribution is 8.76. The van der Waals surface area contributed by atoms with E-state index in [0.717, 1.165) is 5.75 Å². The van der Waals surface area contributed by atoms with Crippen molar-refractivity contribution < 1.29 is 0 Å². The molecule has 4 heteroatoms. The van der Waals surface area contributed by atoms with E-state index in [2.05, 4.69) is 0 Å². The number of halogens is 1. The van der Waals surface area contributed by atoms with Crippen LogP contribution in [0.3, 0.4) is 0 Å². The Labute approximate surface area is 58.6 Å². The minimum atomic E-state index is 0. The summed E-state index contributed by atoms with van der Waals surface area (Å²) in [5.41, 5.74) is 6.67. The van der Waals surface area contributed by atoms with Crippen molar-refractivity contribution >= 4 is 34.0 Å². The lowest BCUT2D eigenvalue weighted by Crippen LogP contribution is -1.73. The smallest absolute Gasteiger partial charge is 0.00792 e. The second-order valence-electron chi connectivity index (χ2n) is 0.739. The Morgan fingerprint density at radius 1 is 1.57 bits per heavy atom. The van der Waals surface area contributed by atoms with Gasteiger partial charge < -0.3 is 5.73 Å². The summed E-state index contributed by atoms with van der Waals surface area (Å²) in [7, 11) is 3.46. The standard InChI is InChI=1S/C3H8NS2.ClH/c1-5-6-3-2-4;/h4H,2-3H2,1H3;1H/q-1;. The van der Waals surface area contributed by atoms with Gasteiger partial charge in [-0.2, -0.15) is 0 Å². The van der Waals surface area contributed by atoms with Gasteiger partial charge in [-0.05, 0) is 12.0 Å². The van der Waals surface area contributed by atoms with E-state index in [1.807, 2.05) is 6.26 Å². The van der Waals surface area contributed by atoms with E-state index in [-0.39, 0.29) is 12.4 Å². The molecule has 0 spiro atoms. The van der Waals surface area contributed by atoms with Crippen LogP contribution < -0.4 is 0 Å². The van der Waals surface area contributed by atoms with Crippen molar-refractivity contribution in [1.29, 1.82) is 0 Å². The van der Waals surface area contributed by atoms with Gasteiger partial charge in [0.05, 0.1) is 0 Å². The molecule has 0 fully saturated rings. The van der Waals surface area contributed by atoms with E-state index in [4.69, 9.17) is 5.73 Å². The van der Waals surface area contributed by atoms with Crippen LogP contribution >= 0.6 is 34.0 Å². The van der Waals surface area contributed by atoms with Crippen LogP contribution in [0.2, 0.25) is 0 Å². The van der Waals surface area contributed by atoms with Gasteiger partial charge in [0.15, 0.2) is 0 Å². The van der Waals surface area contributed by atoms with E-state index in [1.54, 1.807) is 21.6 Å².